The highest BCUT2D eigenvalue weighted by Crippen LogP contribution is 2.29. The molecule has 1 aliphatic rings. The molecule has 0 aliphatic heterocycles. The molecule has 1 aliphatic carbocycles. The van der Waals surface area contributed by atoms with Crippen molar-refractivity contribution in [1.29, 1.82) is 0 Å². The maximum atomic E-state index is 12.6. The zero-order chi connectivity index (χ0) is 14.8. The Balaban J connectivity index is 2.15. The Hall–Kier alpha value is -0.870. The highest BCUT2D eigenvalue weighted by Gasteiger charge is 2.24. The molecule has 1 N–H and O–H groups in total. The summed E-state index contributed by atoms with van der Waals surface area (Å²) in [6.45, 7) is 6.46. The number of aliphatic hydroxyl groups is 1. The number of amides is 1. The van der Waals surface area contributed by atoms with E-state index in [2.05, 4.69) is 6.07 Å². The zero-order valence-corrected chi connectivity index (χ0v) is 13.6. The van der Waals surface area contributed by atoms with Crippen LogP contribution in [0.4, 0.5) is 0 Å². The van der Waals surface area contributed by atoms with E-state index >= 15 is 0 Å². The van der Waals surface area contributed by atoms with Crippen LogP contribution in [0.5, 0.6) is 0 Å². The van der Waals surface area contributed by atoms with Gasteiger partial charge in [0.15, 0.2) is 0 Å². The first-order valence-corrected chi connectivity index (χ1v) is 8.35. The Morgan fingerprint density at radius 2 is 2.05 bits per heavy atom. The first kappa shape index (κ1) is 15.5. The Morgan fingerprint density at radius 1 is 1.35 bits per heavy atom. The van der Waals surface area contributed by atoms with Gasteiger partial charge in [0.05, 0.1) is 10.5 Å². The Labute approximate surface area is 125 Å². The Kier molecular flexibility index (Phi) is 4.86. The lowest BCUT2D eigenvalue weighted by atomic mass is 10.1. The molecular weight excluding hydrogens is 270 g/mol. The third-order valence-corrected chi connectivity index (χ3v) is 4.93. The lowest BCUT2D eigenvalue weighted by Gasteiger charge is -2.27. The number of aryl methyl sites for hydroxylation is 2. The number of nitrogens with zero attached hydrogens (tertiary/aromatic N) is 1. The van der Waals surface area contributed by atoms with Gasteiger partial charge < -0.3 is 10.0 Å². The van der Waals surface area contributed by atoms with Crippen LogP contribution in [0.1, 0.15) is 60.1 Å². The number of hydrogen-bond donors (Lipinski definition) is 1. The summed E-state index contributed by atoms with van der Waals surface area (Å²) >= 11 is 1.65. The summed E-state index contributed by atoms with van der Waals surface area (Å²) in [5.74, 6) is 0.0627. The van der Waals surface area contributed by atoms with Gasteiger partial charge in [0, 0.05) is 18.0 Å². The van der Waals surface area contributed by atoms with Crippen LogP contribution in [0.3, 0.4) is 0 Å². The second-order valence-electron chi connectivity index (χ2n) is 6.25. The van der Waals surface area contributed by atoms with E-state index in [1.165, 1.54) is 29.7 Å². The number of likely N-dealkylation sites (N-methyl/N-ethyl adjacent to an activating group) is 1. The monoisotopic (exact) mass is 295 g/mol. The van der Waals surface area contributed by atoms with Crippen molar-refractivity contribution in [3.8, 4) is 0 Å². The molecule has 112 valence electrons. The third kappa shape index (κ3) is 3.83. The molecule has 0 atom stereocenters. The number of carbonyl (C=O) groups excluding carboxylic acids is 1. The molecule has 20 heavy (non-hydrogen) atoms. The van der Waals surface area contributed by atoms with E-state index in [-0.39, 0.29) is 5.91 Å². The van der Waals surface area contributed by atoms with Gasteiger partial charge in [-0.15, -0.1) is 11.3 Å². The van der Waals surface area contributed by atoms with Crippen molar-refractivity contribution in [2.75, 3.05) is 13.1 Å². The first-order valence-electron chi connectivity index (χ1n) is 7.54. The number of carbonyl (C=O) groups is 1. The van der Waals surface area contributed by atoms with Crippen LogP contribution < -0.4 is 0 Å². The quantitative estimate of drug-likeness (QED) is 0.866. The van der Waals surface area contributed by atoms with Crippen LogP contribution in [0.2, 0.25) is 0 Å². The second-order valence-corrected chi connectivity index (χ2v) is 7.39. The average Bonchev–Trinajstić information content (AvgIpc) is 2.65. The molecule has 0 radical (unpaired) electrons. The fraction of sp³-hybridized carbons (Fsp3) is 0.688. The van der Waals surface area contributed by atoms with Gasteiger partial charge in [-0.1, -0.05) is 6.42 Å². The van der Waals surface area contributed by atoms with Crippen molar-refractivity contribution in [2.45, 2.75) is 58.5 Å². The average molecular weight is 295 g/mol. The first-order chi connectivity index (χ1) is 9.40. The van der Waals surface area contributed by atoms with Crippen molar-refractivity contribution in [3.05, 3.63) is 21.4 Å². The molecule has 1 amide bonds. The van der Waals surface area contributed by atoms with E-state index in [4.69, 9.17) is 0 Å². The van der Waals surface area contributed by atoms with E-state index in [9.17, 15) is 9.90 Å². The van der Waals surface area contributed by atoms with Crippen LogP contribution in [0.15, 0.2) is 6.07 Å². The summed E-state index contributed by atoms with van der Waals surface area (Å²) in [6, 6.07) is 2.08. The lowest BCUT2D eigenvalue weighted by molar-refractivity contribution is 0.0317. The summed E-state index contributed by atoms with van der Waals surface area (Å²) in [5, 5.41) is 9.92. The molecule has 2 rings (SSSR count). The third-order valence-electron chi connectivity index (χ3n) is 3.70. The van der Waals surface area contributed by atoms with E-state index < -0.39 is 5.60 Å². The predicted molar refractivity (Wildman–Crippen MR) is 83.5 cm³/mol. The van der Waals surface area contributed by atoms with Crippen LogP contribution >= 0.6 is 11.3 Å². The number of hydrogen-bond acceptors (Lipinski definition) is 3. The lowest BCUT2D eigenvalue weighted by Crippen LogP contribution is -2.41. The van der Waals surface area contributed by atoms with Crippen molar-refractivity contribution < 1.29 is 9.90 Å². The molecule has 1 aromatic rings. The Morgan fingerprint density at radius 3 is 2.70 bits per heavy atom. The van der Waals surface area contributed by atoms with Gasteiger partial charge >= 0.3 is 0 Å². The van der Waals surface area contributed by atoms with Crippen molar-refractivity contribution >= 4 is 17.2 Å². The smallest absolute Gasteiger partial charge is 0.264 e. The molecule has 4 heteroatoms. The molecular formula is C16H25NO2S. The van der Waals surface area contributed by atoms with Gasteiger partial charge in [0.1, 0.15) is 0 Å². The molecule has 3 nitrogen and oxygen atoms in total. The number of fused-ring (bicyclic) bond motifs is 1. The molecule has 0 saturated heterocycles. The van der Waals surface area contributed by atoms with Gasteiger partial charge in [0.25, 0.3) is 5.91 Å². The molecule has 1 aromatic heterocycles. The predicted octanol–water partition coefficient (Wildman–Crippen LogP) is 3.25. The molecule has 1 heterocycles. The van der Waals surface area contributed by atoms with Crippen molar-refractivity contribution in [3.63, 3.8) is 0 Å². The molecule has 0 saturated carbocycles. The van der Waals surface area contributed by atoms with Crippen molar-refractivity contribution in [1.82, 2.24) is 4.90 Å². The number of rotatable bonds is 4. The molecule has 0 unspecified atom stereocenters. The van der Waals surface area contributed by atoms with Gasteiger partial charge in [0.2, 0.25) is 0 Å². The highest BCUT2D eigenvalue weighted by molar-refractivity contribution is 7.14. The molecule has 0 aromatic carbocycles. The van der Waals surface area contributed by atoms with Crippen LogP contribution in [-0.2, 0) is 12.8 Å². The van der Waals surface area contributed by atoms with E-state index in [1.54, 1.807) is 30.1 Å². The minimum Gasteiger partial charge on any atom is -0.389 e. The van der Waals surface area contributed by atoms with Gasteiger partial charge in [-0.3, -0.25) is 4.79 Å². The highest BCUT2D eigenvalue weighted by atomic mass is 32.1. The van der Waals surface area contributed by atoms with Crippen molar-refractivity contribution in [2.24, 2.45) is 0 Å². The van der Waals surface area contributed by atoms with Crippen LogP contribution in [0.25, 0.3) is 0 Å². The van der Waals surface area contributed by atoms with Crippen LogP contribution in [0, 0.1) is 0 Å². The van der Waals surface area contributed by atoms with Gasteiger partial charge in [-0.25, -0.2) is 0 Å². The second kappa shape index (κ2) is 6.27. The maximum Gasteiger partial charge on any atom is 0.264 e. The summed E-state index contributed by atoms with van der Waals surface area (Å²) in [5.41, 5.74) is 0.523. The molecule has 0 bridgehead atoms. The van der Waals surface area contributed by atoms with E-state index in [0.29, 0.717) is 13.1 Å². The summed E-state index contributed by atoms with van der Waals surface area (Å²) in [7, 11) is 0. The minimum atomic E-state index is -0.847. The topological polar surface area (TPSA) is 40.5 Å². The molecule has 0 spiro atoms. The SMILES string of the molecule is CCN(CC(C)(C)O)C(=O)c1cc2c(s1)CCCCC2. The normalized spacial score (nSPS) is 15.6. The summed E-state index contributed by atoms with van der Waals surface area (Å²) < 4.78 is 0. The van der Waals surface area contributed by atoms with E-state index in [1.807, 2.05) is 6.92 Å². The molecule has 0 fully saturated rings. The fourth-order valence-corrected chi connectivity index (χ4v) is 3.94. The van der Waals surface area contributed by atoms with Crippen LogP contribution in [-0.4, -0.2) is 34.6 Å². The van der Waals surface area contributed by atoms with E-state index in [0.717, 1.165) is 17.7 Å². The van der Waals surface area contributed by atoms with Gasteiger partial charge in [-0.2, -0.15) is 0 Å². The zero-order valence-electron chi connectivity index (χ0n) is 12.7. The van der Waals surface area contributed by atoms with Gasteiger partial charge in [-0.05, 0) is 58.1 Å². The minimum absolute atomic E-state index is 0.0627. The summed E-state index contributed by atoms with van der Waals surface area (Å²) in [6.07, 6.45) is 5.99. The largest absolute Gasteiger partial charge is 0.389 e. The number of thiophene rings is 1. The summed E-state index contributed by atoms with van der Waals surface area (Å²) in [4.78, 5) is 16.6. The maximum absolute atomic E-state index is 12.6. The Bertz CT molecular complexity index is 450. The fourth-order valence-electron chi connectivity index (χ4n) is 2.72. The standard InChI is InChI=1S/C16H25NO2S/c1-4-17(11-16(2,3)19)15(18)14-10-12-8-6-5-7-9-13(12)20-14/h10,19H,4-9,11H2,1-3H3.